The van der Waals surface area contributed by atoms with Gasteiger partial charge in [-0.3, -0.25) is 9.59 Å². The highest BCUT2D eigenvalue weighted by Crippen LogP contribution is 2.22. The van der Waals surface area contributed by atoms with E-state index in [2.05, 4.69) is 5.32 Å². The summed E-state index contributed by atoms with van der Waals surface area (Å²) in [4.78, 5) is 29.7. The quantitative estimate of drug-likeness (QED) is 0.292. The van der Waals surface area contributed by atoms with E-state index in [4.69, 9.17) is 11.6 Å². The lowest BCUT2D eigenvalue weighted by Crippen LogP contribution is -2.50. The number of aryl methyl sites for hydroxylation is 1. The molecule has 6 heteroatoms. The molecule has 3 aromatic carbocycles. The van der Waals surface area contributed by atoms with Crippen LogP contribution in [0.25, 0.3) is 0 Å². The van der Waals surface area contributed by atoms with Crippen molar-refractivity contribution in [3.8, 4) is 0 Å². The van der Waals surface area contributed by atoms with Gasteiger partial charge in [-0.15, -0.1) is 11.8 Å². The number of thioether (sulfide) groups is 1. The number of carbonyl (C=O) groups excluding carboxylic acids is 2. The molecule has 184 valence electrons. The lowest BCUT2D eigenvalue weighted by molar-refractivity contribution is -0.141. The van der Waals surface area contributed by atoms with Gasteiger partial charge in [0.05, 0.1) is 0 Å². The lowest BCUT2D eigenvalue weighted by atomic mass is 10.0. The monoisotopic (exact) mass is 508 g/mol. The van der Waals surface area contributed by atoms with Gasteiger partial charge in [0.2, 0.25) is 11.8 Å². The molecule has 0 aliphatic rings. The van der Waals surface area contributed by atoms with Crippen molar-refractivity contribution in [1.82, 2.24) is 10.2 Å². The molecule has 0 saturated carbocycles. The maximum atomic E-state index is 13.6. The van der Waals surface area contributed by atoms with E-state index in [0.29, 0.717) is 36.7 Å². The van der Waals surface area contributed by atoms with Crippen LogP contribution >= 0.6 is 23.4 Å². The van der Waals surface area contributed by atoms with Gasteiger partial charge >= 0.3 is 0 Å². The zero-order valence-corrected chi connectivity index (χ0v) is 21.9. The molecule has 4 nitrogen and oxygen atoms in total. The highest BCUT2D eigenvalue weighted by atomic mass is 35.5. The third kappa shape index (κ3) is 8.75. The first kappa shape index (κ1) is 26.8. The zero-order chi connectivity index (χ0) is 25.0. The second-order valence-electron chi connectivity index (χ2n) is 8.56. The molecule has 0 aliphatic heterocycles. The largest absolute Gasteiger partial charge is 0.354 e. The number of nitrogens with one attached hydrogen (secondary N) is 1. The van der Waals surface area contributed by atoms with Crippen molar-refractivity contribution in [2.45, 2.75) is 50.6 Å². The molecule has 0 saturated heterocycles. The Kier molecular flexibility index (Phi) is 10.7. The molecular weight excluding hydrogens is 476 g/mol. The SMILES string of the molecule is CCCNC(=O)[C@@H](Cc1ccccc1)N(Cc1ccc(C)cc1)C(=O)CCSc1ccc(Cl)cc1. The first-order valence-corrected chi connectivity index (χ1v) is 13.4. The maximum Gasteiger partial charge on any atom is 0.243 e. The van der Waals surface area contributed by atoms with E-state index in [9.17, 15) is 9.59 Å². The van der Waals surface area contributed by atoms with Gasteiger partial charge in [-0.05, 0) is 48.7 Å². The van der Waals surface area contributed by atoms with Crippen LogP contribution in [0.4, 0.5) is 0 Å². The number of benzene rings is 3. The number of hydrogen-bond donors (Lipinski definition) is 1. The molecule has 0 aromatic heterocycles. The average Bonchev–Trinajstić information content (AvgIpc) is 2.87. The fraction of sp³-hybridized carbons (Fsp3) is 0.310. The van der Waals surface area contributed by atoms with Gasteiger partial charge in [-0.25, -0.2) is 0 Å². The normalized spacial score (nSPS) is 11.6. The van der Waals surface area contributed by atoms with E-state index < -0.39 is 6.04 Å². The topological polar surface area (TPSA) is 49.4 Å². The predicted octanol–water partition coefficient (Wildman–Crippen LogP) is 6.30. The van der Waals surface area contributed by atoms with Gasteiger partial charge in [-0.1, -0.05) is 78.7 Å². The first-order valence-electron chi connectivity index (χ1n) is 12.0. The van der Waals surface area contributed by atoms with Crippen molar-refractivity contribution in [2.75, 3.05) is 12.3 Å². The maximum absolute atomic E-state index is 13.6. The van der Waals surface area contributed by atoms with Crippen LogP contribution in [0.5, 0.6) is 0 Å². The number of carbonyl (C=O) groups is 2. The van der Waals surface area contributed by atoms with E-state index in [-0.39, 0.29) is 11.8 Å². The molecule has 1 N–H and O–H groups in total. The van der Waals surface area contributed by atoms with Gasteiger partial charge in [0.25, 0.3) is 0 Å². The van der Waals surface area contributed by atoms with E-state index in [0.717, 1.165) is 28.0 Å². The number of amides is 2. The summed E-state index contributed by atoms with van der Waals surface area (Å²) >= 11 is 7.60. The third-order valence-corrected chi connectivity index (χ3v) is 6.96. The Morgan fingerprint density at radius 3 is 2.29 bits per heavy atom. The minimum Gasteiger partial charge on any atom is -0.354 e. The Balaban J connectivity index is 1.81. The summed E-state index contributed by atoms with van der Waals surface area (Å²) < 4.78 is 0. The molecule has 3 aromatic rings. The second-order valence-corrected chi connectivity index (χ2v) is 10.2. The zero-order valence-electron chi connectivity index (χ0n) is 20.4. The van der Waals surface area contributed by atoms with Crippen LogP contribution in [-0.2, 0) is 22.6 Å². The Labute approximate surface area is 218 Å². The molecule has 3 rings (SSSR count). The van der Waals surface area contributed by atoms with Gasteiger partial charge in [0, 0.05) is 41.6 Å². The summed E-state index contributed by atoms with van der Waals surface area (Å²) in [6.07, 6.45) is 1.65. The second kappa shape index (κ2) is 14.0. The van der Waals surface area contributed by atoms with E-state index >= 15 is 0 Å². The van der Waals surface area contributed by atoms with Crippen LogP contribution in [0.3, 0.4) is 0 Å². The van der Waals surface area contributed by atoms with Gasteiger partial charge in [-0.2, -0.15) is 0 Å². The van der Waals surface area contributed by atoms with Gasteiger partial charge in [0.1, 0.15) is 6.04 Å². The van der Waals surface area contributed by atoms with Crippen molar-refractivity contribution in [3.05, 3.63) is 101 Å². The Morgan fingerprint density at radius 2 is 1.63 bits per heavy atom. The van der Waals surface area contributed by atoms with Gasteiger partial charge < -0.3 is 10.2 Å². The fourth-order valence-corrected chi connectivity index (χ4v) is 4.71. The van der Waals surface area contributed by atoms with E-state index in [1.807, 2.05) is 92.7 Å². The van der Waals surface area contributed by atoms with Crippen LogP contribution in [0.15, 0.2) is 83.8 Å². The van der Waals surface area contributed by atoms with Crippen LogP contribution in [0.1, 0.15) is 36.5 Å². The molecule has 0 spiro atoms. The minimum absolute atomic E-state index is 0.0281. The van der Waals surface area contributed by atoms with E-state index in [1.54, 1.807) is 16.7 Å². The van der Waals surface area contributed by atoms with E-state index in [1.165, 1.54) is 0 Å². The van der Waals surface area contributed by atoms with Crippen molar-refractivity contribution < 1.29 is 9.59 Å². The highest BCUT2D eigenvalue weighted by molar-refractivity contribution is 7.99. The summed E-state index contributed by atoms with van der Waals surface area (Å²) in [5.41, 5.74) is 3.20. The van der Waals surface area contributed by atoms with Crippen molar-refractivity contribution in [3.63, 3.8) is 0 Å². The summed E-state index contributed by atoms with van der Waals surface area (Å²) in [5.74, 6) is 0.487. The number of rotatable bonds is 12. The van der Waals surface area contributed by atoms with Crippen LogP contribution in [-0.4, -0.2) is 35.1 Å². The molecule has 0 fully saturated rings. The van der Waals surface area contributed by atoms with Crippen LogP contribution in [0.2, 0.25) is 5.02 Å². The van der Waals surface area contributed by atoms with Gasteiger partial charge in [0.15, 0.2) is 0 Å². The Morgan fingerprint density at radius 1 is 0.943 bits per heavy atom. The molecule has 0 unspecified atom stereocenters. The average molecular weight is 509 g/mol. The number of nitrogens with zero attached hydrogens (tertiary/aromatic N) is 1. The predicted molar refractivity (Wildman–Crippen MR) is 146 cm³/mol. The fourth-order valence-electron chi connectivity index (χ4n) is 3.74. The molecule has 0 heterocycles. The molecule has 1 atom stereocenters. The van der Waals surface area contributed by atoms with Crippen molar-refractivity contribution in [2.24, 2.45) is 0 Å². The molecule has 0 radical (unpaired) electrons. The standard InChI is InChI=1S/C29H33ClN2O2S/c1-3-18-31-29(34)27(20-23-7-5-4-6-8-23)32(21-24-11-9-22(2)10-12-24)28(33)17-19-35-26-15-13-25(30)14-16-26/h4-16,27H,3,17-21H2,1-2H3,(H,31,34)/t27-/m1/s1. The third-order valence-electron chi connectivity index (χ3n) is 5.69. The number of halogens is 1. The summed E-state index contributed by atoms with van der Waals surface area (Å²) in [6, 6.07) is 25.1. The Hall–Kier alpha value is -2.76. The van der Waals surface area contributed by atoms with Crippen molar-refractivity contribution in [1.29, 1.82) is 0 Å². The van der Waals surface area contributed by atoms with Crippen LogP contribution in [0, 0.1) is 6.92 Å². The summed E-state index contributed by atoms with van der Waals surface area (Å²) in [5, 5.41) is 3.71. The Bertz CT molecular complexity index is 1070. The first-order chi connectivity index (χ1) is 17.0. The molecular formula is C29H33ClN2O2S. The molecule has 35 heavy (non-hydrogen) atoms. The highest BCUT2D eigenvalue weighted by Gasteiger charge is 2.30. The summed E-state index contributed by atoms with van der Waals surface area (Å²) in [6.45, 7) is 5.04. The molecule has 0 bridgehead atoms. The lowest BCUT2D eigenvalue weighted by Gasteiger charge is -2.31. The number of hydrogen-bond acceptors (Lipinski definition) is 3. The smallest absolute Gasteiger partial charge is 0.243 e. The van der Waals surface area contributed by atoms with Crippen LogP contribution < -0.4 is 5.32 Å². The minimum atomic E-state index is -0.585. The molecule has 0 aliphatic carbocycles. The summed E-state index contributed by atoms with van der Waals surface area (Å²) in [7, 11) is 0. The van der Waals surface area contributed by atoms with Crippen molar-refractivity contribution >= 4 is 35.2 Å². The molecule has 2 amide bonds.